The van der Waals surface area contributed by atoms with Crippen LogP contribution in [0.1, 0.15) is 43.2 Å². The molecule has 1 atom stereocenters. The molecule has 15 heavy (non-hydrogen) atoms. The van der Waals surface area contributed by atoms with Gasteiger partial charge in [0.05, 0.1) is 11.8 Å². The highest BCUT2D eigenvalue weighted by Gasteiger charge is 2.38. The lowest BCUT2D eigenvalue weighted by molar-refractivity contribution is -0.0738. The Kier molecular flexibility index (Phi) is 3.03. The average molecular weight is 230 g/mol. The predicted octanol–water partition coefficient (Wildman–Crippen LogP) is 3.09. The van der Waals surface area contributed by atoms with Gasteiger partial charge in [0.15, 0.2) is 0 Å². The van der Waals surface area contributed by atoms with Crippen molar-refractivity contribution in [3.63, 3.8) is 0 Å². The number of hydrogen-bond donors (Lipinski definition) is 0. The third-order valence-electron chi connectivity index (χ3n) is 3.11. The van der Waals surface area contributed by atoms with Crippen molar-refractivity contribution in [1.82, 2.24) is 4.98 Å². The number of rotatable bonds is 4. The molecule has 1 fully saturated rings. The minimum absolute atomic E-state index is 0.00759. The van der Waals surface area contributed by atoms with E-state index in [0.717, 1.165) is 25.0 Å². The Bertz CT molecular complexity index is 326. The van der Waals surface area contributed by atoms with Crippen LogP contribution in [0.25, 0.3) is 0 Å². The monoisotopic (exact) mass is 229 g/mol. The summed E-state index contributed by atoms with van der Waals surface area (Å²) in [5, 5.41) is -0.168. The summed E-state index contributed by atoms with van der Waals surface area (Å²) in [5.74, 6) is 1.47. The van der Waals surface area contributed by atoms with Crippen LogP contribution < -0.4 is 0 Å². The topological polar surface area (TPSA) is 35.3 Å². The molecule has 0 radical (unpaired) electrons. The molecule has 1 aromatic heterocycles. The molecule has 0 amide bonds. The first-order valence-corrected chi connectivity index (χ1v) is 5.73. The average Bonchev–Trinajstić information content (AvgIpc) is 2.59. The Balaban J connectivity index is 2.04. The van der Waals surface area contributed by atoms with Crippen molar-refractivity contribution in [1.29, 1.82) is 0 Å². The van der Waals surface area contributed by atoms with Gasteiger partial charge in [-0.25, -0.2) is 4.98 Å². The highest BCUT2D eigenvalue weighted by molar-refractivity contribution is 6.20. The maximum Gasteiger partial charge on any atom is 0.212 e. The van der Waals surface area contributed by atoms with Gasteiger partial charge in [-0.05, 0) is 26.2 Å². The lowest BCUT2D eigenvalue weighted by Crippen LogP contribution is -2.41. The molecule has 0 aromatic carbocycles. The highest BCUT2D eigenvalue weighted by Crippen LogP contribution is 2.38. The van der Waals surface area contributed by atoms with Crippen LogP contribution in [0.15, 0.2) is 10.6 Å². The Morgan fingerprint density at radius 1 is 1.67 bits per heavy atom. The van der Waals surface area contributed by atoms with Gasteiger partial charge >= 0.3 is 0 Å². The molecule has 1 saturated carbocycles. The molecule has 1 aliphatic carbocycles. The molecule has 0 bridgehead atoms. The fourth-order valence-corrected chi connectivity index (χ4v) is 2.03. The second kappa shape index (κ2) is 4.14. The van der Waals surface area contributed by atoms with Crippen LogP contribution in [0.2, 0.25) is 0 Å². The molecule has 1 aromatic rings. The summed E-state index contributed by atoms with van der Waals surface area (Å²) in [5.41, 5.74) is -0.00759. The summed E-state index contributed by atoms with van der Waals surface area (Å²) >= 11 is 5.88. The predicted molar refractivity (Wildman–Crippen MR) is 58.1 cm³/mol. The molecule has 2 rings (SSSR count). The zero-order chi connectivity index (χ0) is 10.9. The zero-order valence-corrected chi connectivity index (χ0v) is 9.88. The van der Waals surface area contributed by atoms with Crippen LogP contribution >= 0.6 is 11.6 Å². The van der Waals surface area contributed by atoms with Gasteiger partial charge in [-0.2, -0.15) is 0 Å². The normalized spacial score (nSPS) is 21.0. The molecule has 0 spiro atoms. The van der Waals surface area contributed by atoms with Crippen molar-refractivity contribution < 1.29 is 9.15 Å². The molecular weight excluding hydrogens is 214 g/mol. The lowest BCUT2D eigenvalue weighted by atomic mass is 9.77. The maximum absolute atomic E-state index is 5.88. The Hall–Kier alpha value is -0.540. The summed E-state index contributed by atoms with van der Waals surface area (Å²) in [6.07, 6.45) is 6.01. The third-order valence-corrected chi connectivity index (χ3v) is 3.29. The molecule has 4 heteroatoms. The Morgan fingerprint density at radius 2 is 2.40 bits per heavy atom. The summed E-state index contributed by atoms with van der Waals surface area (Å²) in [7, 11) is 1.76. The van der Waals surface area contributed by atoms with Gasteiger partial charge < -0.3 is 9.15 Å². The van der Waals surface area contributed by atoms with E-state index in [9.17, 15) is 0 Å². The Labute approximate surface area is 94.8 Å². The minimum Gasteiger partial charge on any atom is -0.444 e. The molecule has 0 saturated heterocycles. The standard InChI is InChI=1S/C11H16ClNO2/c1-8(12)10-13-7-9(15-10)6-11(14-2)4-3-5-11/h7-8H,3-6H2,1-2H3. The van der Waals surface area contributed by atoms with Crippen molar-refractivity contribution in [3.05, 3.63) is 17.8 Å². The van der Waals surface area contributed by atoms with Crippen molar-refractivity contribution in [2.75, 3.05) is 7.11 Å². The summed E-state index contributed by atoms with van der Waals surface area (Å²) in [6.45, 7) is 1.85. The number of nitrogens with zero attached hydrogens (tertiary/aromatic N) is 1. The fraction of sp³-hybridized carbons (Fsp3) is 0.727. The van der Waals surface area contributed by atoms with E-state index in [0.29, 0.717) is 5.89 Å². The smallest absolute Gasteiger partial charge is 0.212 e. The van der Waals surface area contributed by atoms with E-state index in [1.165, 1.54) is 6.42 Å². The first kappa shape index (κ1) is 11.0. The van der Waals surface area contributed by atoms with Crippen molar-refractivity contribution >= 4 is 11.6 Å². The zero-order valence-electron chi connectivity index (χ0n) is 9.12. The van der Waals surface area contributed by atoms with Crippen molar-refractivity contribution in [2.24, 2.45) is 0 Å². The maximum atomic E-state index is 5.88. The number of hydrogen-bond acceptors (Lipinski definition) is 3. The molecule has 0 N–H and O–H groups in total. The molecule has 1 unspecified atom stereocenters. The molecule has 1 aliphatic rings. The van der Waals surface area contributed by atoms with Gasteiger partial charge in [-0.1, -0.05) is 0 Å². The van der Waals surface area contributed by atoms with E-state index >= 15 is 0 Å². The first-order chi connectivity index (χ1) is 7.15. The lowest BCUT2D eigenvalue weighted by Gasteiger charge is -2.39. The van der Waals surface area contributed by atoms with E-state index in [4.69, 9.17) is 20.8 Å². The molecule has 3 nitrogen and oxygen atoms in total. The highest BCUT2D eigenvalue weighted by atomic mass is 35.5. The summed E-state index contributed by atoms with van der Waals surface area (Å²) in [4.78, 5) is 4.14. The number of oxazole rings is 1. The second-order valence-electron chi connectivity index (χ2n) is 4.20. The third kappa shape index (κ3) is 2.18. The molecule has 0 aliphatic heterocycles. The molecular formula is C11H16ClNO2. The van der Waals surface area contributed by atoms with Gasteiger partial charge in [0.25, 0.3) is 0 Å². The van der Waals surface area contributed by atoms with E-state index in [1.54, 1.807) is 13.3 Å². The summed E-state index contributed by atoms with van der Waals surface area (Å²) < 4.78 is 11.1. The van der Waals surface area contributed by atoms with Crippen LogP contribution in [-0.4, -0.2) is 17.7 Å². The van der Waals surface area contributed by atoms with Crippen LogP contribution in [-0.2, 0) is 11.2 Å². The van der Waals surface area contributed by atoms with Gasteiger partial charge in [0.1, 0.15) is 11.1 Å². The number of halogens is 1. The van der Waals surface area contributed by atoms with Crippen molar-refractivity contribution in [2.45, 2.75) is 43.6 Å². The Morgan fingerprint density at radius 3 is 2.80 bits per heavy atom. The SMILES string of the molecule is COC1(Cc2cnc(C(C)Cl)o2)CCC1. The minimum atomic E-state index is -0.168. The number of methoxy groups -OCH3 is 1. The fourth-order valence-electron chi connectivity index (χ4n) is 1.93. The second-order valence-corrected chi connectivity index (χ2v) is 4.85. The largest absolute Gasteiger partial charge is 0.444 e. The number of ether oxygens (including phenoxy) is 1. The van der Waals surface area contributed by atoms with Crippen LogP contribution in [0.4, 0.5) is 0 Å². The van der Waals surface area contributed by atoms with Crippen molar-refractivity contribution in [3.8, 4) is 0 Å². The van der Waals surface area contributed by atoms with Crippen LogP contribution in [0.5, 0.6) is 0 Å². The van der Waals surface area contributed by atoms with Crippen LogP contribution in [0.3, 0.4) is 0 Å². The van der Waals surface area contributed by atoms with Gasteiger partial charge in [-0.15, -0.1) is 11.6 Å². The number of aromatic nitrogens is 1. The van der Waals surface area contributed by atoms with E-state index in [2.05, 4.69) is 4.98 Å². The summed E-state index contributed by atoms with van der Waals surface area (Å²) in [6, 6.07) is 0. The molecule has 84 valence electrons. The van der Waals surface area contributed by atoms with Gasteiger partial charge in [-0.3, -0.25) is 0 Å². The van der Waals surface area contributed by atoms with E-state index in [-0.39, 0.29) is 11.0 Å². The quantitative estimate of drug-likeness (QED) is 0.745. The van der Waals surface area contributed by atoms with Gasteiger partial charge in [0.2, 0.25) is 5.89 Å². The van der Waals surface area contributed by atoms with Gasteiger partial charge in [0, 0.05) is 13.5 Å². The van der Waals surface area contributed by atoms with E-state index < -0.39 is 0 Å². The van der Waals surface area contributed by atoms with E-state index in [1.807, 2.05) is 6.92 Å². The van der Waals surface area contributed by atoms with Crippen LogP contribution in [0, 0.1) is 0 Å². The number of alkyl halides is 1. The molecule has 1 heterocycles. The first-order valence-electron chi connectivity index (χ1n) is 5.29.